The van der Waals surface area contributed by atoms with Crippen molar-refractivity contribution in [3.63, 3.8) is 0 Å². The van der Waals surface area contributed by atoms with E-state index < -0.39 is 0 Å². The van der Waals surface area contributed by atoms with Crippen LogP contribution in [0.4, 0.5) is 0 Å². The van der Waals surface area contributed by atoms with Crippen LogP contribution < -0.4 is 5.32 Å². The van der Waals surface area contributed by atoms with E-state index in [1.165, 1.54) is 57.1 Å². The molecule has 0 unspecified atom stereocenters. The fraction of sp³-hybridized carbons (Fsp3) is 0.786. The van der Waals surface area contributed by atoms with Crippen LogP contribution in [0.3, 0.4) is 0 Å². The third kappa shape index (κ3) is 2.54. The van der Waals surface area contributed by atoms with Gasteiger partial charge in [0.1, 0.15) is 0 Å². The summed E-state index contributed by atoms with van der Waals surface area (Å²) in [7, 11) is 0. The molecule has 94 valence electrons. The van der Waals surface area contributed by atoms with Crippen molar-refractivity contribution in [2.45, 2.75) is 64.0 Å². The van der Waals surface area contributed by atoms with Gasteiger partial charge in [0.05, 0.1) is 6.33 Å². The van der Waals surface area contributed by atoms with Crippen molar-refractivity contribution in [3.8, 4) is 0 Å². The second kappa shape index (κ2) is 4.81. The van der Waals surface area contributed by atoms with Gasteiger partial charge in [0, 0.05) is 24.5 Å². The van der Waals surface area contributed by atoms with Gasteiger partial charge in [-0.2, -0.15) is 0 Å². The zero-order valence-corrected chi connectivity index (χ0v) is 10.5. The summed E-state index contributed by atoms with van der Waals surface area (Å²) in [6.45, 7) is 0.942. The Morgan fingerprint density at radius 3 is 2.65 bits per heavy atom. The molecule has 3 heteroatoms. The molecule has 1 aromatic heterocycles. The van der Waals surface area contributed by atoms with E-state index in [2.05, 4.69) is 15.3 Å². The molecule has 0 aliphatic heterocycles. The first-order valence-corrected chi connectivity index (χ1v) is 7.07. The Balaban J connectivity index is 1.45. The molecule has 2 saturated carbocycles. The van der Waals surface area contributed by atoms with Crippen LogP contribution in [0.5, 0.6) is 0 Å². The lowest BCUT2D eigenvalue weighted by atomic mass is 9.71. The van der Waals surface area contributed by atoms with Crippen LogP contribution in [0.2, 0.25) is 0 Å². The van der Waals surface area contributed by atoms with Crippen LogP contribution in [-0.2, 0) is 6.54 Å². The Morgan fingerprint density at radius 1 is 1.24 bits per heavy atom. The van der Waals surface area contributed by atoms with Gasteiger partial charge in [-0.1, -0.05) is 12.8 Å². The first-order chi connectivity index (χ1) is 8.36. The summed E-state index contributed by atoms with van der Waals surface area (Å²) < 4.78 is 0. The molecule has 0 atom stereocenters. The second-order valence-electron chi connectivity index (χ2n) is 5.94. The molecule has 3 nitrogen and oxygen atoms in total. The van der Waals surface area contributed by atoms with E-state index in [-0.39, 0.29) is 0 Å². The fourth-order valence-corrected chi connectivity index (χ4v) is 3.69. The fourth-order valence-electron chi connectivity index (χ4n) is 3.69. The molecule has 2 aliphatic rings. The van der Waals surface area contributed by atoms with E-state index in [9.17, 15) is 0 Å². The van der Waals surface area contributed by atoms with E-state index in [1.807, 2.05) is 6.20 Å². The minimum absolute atomic E-state index is 0.726. The quantitative estimate of drug-likeness (QED) is 0.842. The van der Waals surface area contributed by atoms with Crippen LogP contribution >= 0.6 is 0 Å². The van der Waals surface area contributed by atoms with Crippen molar-refractivity contribution in [2.75, 3.05) is 0 Å². The summed E-state index contributed by atoms with van der Waals surface area (Å²) in [4.78, 5) is 7.20. The molecule has 0 saturated heterocycles. The van der Waals surface area contributed by atoms with Gasteiger partial charge >= 0.3 is 0 Å². The molecule has 0 radical (unpaired) electrons. The van der Waals surface area contributed by atoms with E-state index in [4.69, 9.17) is 0 Å². The number of rotatable bonds is 3. The number of hydrogen-bond donors (Lipinski definition) is 2. The molecule has 2 fully saturated rings. The standard InChI is InChI=1S/C14H23N3/c1-2-6-14(5-1)7-3-12(4-8-14)16-10-13-9-15-11-17-13/h9,11-12,16H,1-8,10H2,(H,15,17). The SMILES string of the molecule is c1ncc(CNC2CCC3(CCCC3)CC2)[nH]1. The van der Waals surface area contributed by atoms with Crippen molar-refractivity contribution < 1.29 is 0 Å². The van der Waals surface area contributed by atoms with Gasteiger partial charge in [0.15, 0.2) is 0 Å². The Hall–Kier alpha value is -0.830. The van der Waals surface area contributed by atoms with E-state index in [0.717, 1.165) is 18.0 Å². The monoisotopic (exact) mass is 233 g/mol. The highest BCUT2D eigenvalue weighted by Gasteiger charge is 2.37. The first kappa shape index (κ1) is 11.3. The molecule has 3 rings (SSSR count). The second-order valence-corrected chi connectivity index (χ2v) is 5.94. The summed E-state index contributed by atoms with van der Waals surface area (Å²) in [6, 6.07) is 0.726. The van der Waals surface area contributed by atoms with Gasteiger partial charge in [0.2, 0.25) is 0 Å². The maximum absolute atomic E-state index is 4.05. The largest absolute Gasteiger partial charge is 0.347 e. The molecular formula is C14H23N3. The number of nitrogens with zero attached hydrogens (tertiary/aromatic N) is 1. The Labute approximate surface area is 103 Å². The molecule has 2 aliphatic carbocycles. The molecule has 0 aromatic carbocycles. The molecule has 1 aromatic rings. The average Bonchev–Trinajstić information content (AvgIpc) is 3.01. The van der Waals surface area contributed by atoms with Crippen molar-refractivity contribution in [1.29, 1.82) is 0 Å². The Morgan fingerprint density at radius 2 is 2.00 bits per heavy atom. The Bertz CT molecular complexity index is 328. The number of aromatic amines is 1. The van der Waals surface area contributed by atoms with E-state index >= 15 is 0 Å². The van der Waals surface area contributed by atoms with E-state index in [1.54, 1.807) is 6.33 Å². The number of imidazole rings is 1. The van der Waals surface area contributed by atoms with Crippen LogP contribution in [-0.4, -0.2) is 16.0 Å². The Kier molecular flexibility index (Phi) is 3.19. The van der Waals surface area contributed by atoms with Gasteiger partial charge in [-0.25, -0.2) is 4.98 Å². The average molecular weight is 233 g/mol. The van der Waals surface area contributed by atoms with Gasteiger partial charge in [-0.05, 0) is 43.9 Å². The summed E-state index contributed by atoms with van der Waals surface area (Å²) in [5, 5.41) is 3.66. The summed E-state index contributed by atoms with van der Waals surface area (Å²) in [5.74, 6) is 0. The highest BCUT2D eigenvalue weighted by molar-refractivity contribution is 4.95. The zero-order chi connectivity index (χ0) is 11.6. The van der Waals surface area contributed by atoms with Crippen molar-refractivity contribution in [2.24, 2.45) is 5.41 Å². The molecule has 0 bridgehead atoms. The van der Waals surface area contributed by atoms with Crippen LogP contribution in [0.15, 0.2) is 12.5 Å². The lowest BCUT2D eigenvalue weighted by molar-refractivity contribution is 0.168. The van der Waals surface area contributed by atoms with Crippen molar-refractivity contribution in [3.05, 3.63) is 18.2 Å². The highest BCUT2D eigenvalue weighted by Crippen LogP contribution is 2.48. The van der Waals surface area contributed by atoms with Crippen LogP contribution in [0.25, 0.3) is 0 Å². The number of aromatic nitrogens is 2. The molecule has 0 amide bonds. The van der Waals surface area contributed by atoms with Gasteiger partial charge in [-0.3, -0.25) is 0 Å². The predicted molar refractivity (Wildman–Crippen MR) is 68.6 cm³/mol. The maximum atomic E-state index is 4.05. The van der Waals surface area contributed by atoms with Crippen molar-refractivity contribution >= 4 is 0 Å². The first-order valence-electron chi connectivity index (χ1n) is 7.07. The third-order valence-electron chi connectivity index (χ3n) is 4.85. The van der Waals surface area contributed by atoms with Gasteiger partial charge in [-0.15, -0.1) is 0 Å². The third-order valence-corrected chi connectivity index (χ3v) is 4.85. The van der Waals surface area contributed by atoms with Gasteiger partial charge < -0.3 is 10.3 Å². The molecule has 17 heavy (non-hydrogen) atoms. The number of hydrogen-bond acceptors (Lipinski definition) is 2. The number of H-pyrrole nitrogens is 1. The maximum Gasteiger partial charge on any atom is 0.0922 e. The zero-order valence-electron chi connectivity index (χ0n) is 10.5. The molecular weight excluding hydrogens is 210 g/mol. The van der Waals surface area contributed by atoms with Crippen LogP contribution in [0.1, 0.15) is 57.1 Å². The summed E-state index contributed by atoms with van der Waals surface area (Å²) in [6.07, 6.45) is 15.3. The van der Waals surface area contributed by atoms with Gasteiger partial charge in [0.25, 0.3) is 0 Å². The minimum atomic E-state index is 0.726. The normalized spacial score (nSPS) is 24.5. The van der Waals surface area contributed by atoms with E-state index in [0.29, 0.717) is 0 Å². The topological polar surface area (TPSA) is 40.7 Å². The molecule has 1 spiro atoms. The minimum Gasteiger partial charge on any atom is -0.347 e. The number of nitrogens with one attached hydrogen (secondary N) is 2. The highest BCUT2D eigenvalue weighted by atomic mass is 15.0. The molecule has 1 heterocycles. The summed E-state index contributed by atoms with van der Waals surface area (Å²) in [5.41, 5.74) is 1.96. The smallest absolute Gasteiger partial charge is 0.0922 e. The van der Waals surface area contributed by atoms with Crippen LogP contribution in [0, 0.1) is 5.41 Å². The molecule has 2 N–H and O–H groups in total. The lowest BCUT2D eigenvalue weighted by Crippen LogP contribution is -2.36. The predicted octanol–water partition coefficient (Wildman–Crippen LogP) is 3.00. The lowest BCUT2D eigenvalue weighted by Gasteiger charge is -2.37. The summed E-state index contributed by atoms with van der Waals surface area (Å²) >= 11 is 0. The van der Waals surface area contributed by atoms with Crippen molar-refractivity contribution in [1.82, 2.24) is 15.3 Å².